The van der Waals surface area contributed by atoms with Gasteiger partial charge in [-0.25, -0.2) is 4.79 Å². The van der Waals surface area contributed by atoms with E-state index in [2.05, 4.69) is 132 Å². The Morgan fingerprint density at radius 3 is 1.60 bits per heavy atom. The number of carbonyl (C=O) groups is 1. The fraction of sp³-hybridized carbons (Fsp3) is 0. The summed E-state index contributed by atoms with van der Waals surface area (Å²) >= 11 is 3.14. The maximum absolute atomic E-state index is 11.2. The van der Waals surface area contributed by atoms with Gasteiger partial charge in [0, 0.05) is 41.4 Å². The third-order valence-corrected chi connectivity index (χ3v) is 10.4. The molecule has 1 N–H and O–H groups in total. The molecule has 5 heterocycles. The van der Waals surface area contributed by atoms with Crippen molar-refractivity contribution in [1.29, 1.82) is 5.26 Å². The van der Waals surface area contributed by atoms with E-state index < -0.39 is 5.97 Å². The first kappa shape index (κ1) is 29.4. The number of nitrogens with zero attached hydrogens (tertiary/aromatic N) is 2. The molecule has 228 valence electrons. The molecule has 4 nitrogen and oxygen atoms in total. The Balaban J connectivity index is 1.15. The fourth-order valence-corrected chi connectivity index (χ4v) is 7.92. The molecule has 3 aromatic carbocycles. The third-order valence-electron chi connectivity index (χ3n) is 8.40. The number of hydrogen-bond donors (Lipinski definition) is 1. The fourth-order valence-electron chi connectivity index (χ4n) is 6.24. The molecule has 0 amide bonds. The lowest BCUT2D eigenvalue weighted by molar-refractivity contribution is -0.132. The maximum atomic E-state index is 11.2. The highest BCUT2D eigenvalue weighted by molar-refractivity contribution is 7.14. The molecule has 8 rings (SSSR count). The molecule has 0 unspecified atom stereocenters. The summed E-state index contributed by atoms with van der Waals surface area (Å²) in [4.78, 5) is 15.1. The van der Waals surface area contributed by atoms with Gasteiger partial charge in [-0.15, -0.1) is 22.7 Å². The summed E-state index contributed by atoms with van der Waals surface area (Å²) in [6.45, 7) is 0. The first-order valence-corrected chi connectivity index (χ1v) is 17.0. The number of nitriles is 1. The highest BCUT2D eigenvalue weighted by atomic mass is 32.1. The van der Waals surface area contributed by atoms with Crippen molar-refractivity contribution in [1.82, 2.24) is 4.40 Å². The average molecular weight is 655 g/mol. The van der Waals surface area contributed by atoms with Crippen molar-refractivity contribution >= 4 is 86.3 Å². The van der Waals surface area contributed by atoms with Gasteiger partial charge in [0.05, 0.1) is 16.6 Å². The lowest BCUT2D eigenvalue weighted by Gasteiger charge is -2.17. The van der Waals surface area contributed by atoms with Crippen molar-refractivity contribution in [3.8, 4) is 28.3 Å². The zero-order valence-corrected chi connectivity index (χ0v) is 27.1. The summed E-state index contributed by atoms with van der Waals surface area (Å²) < 4.78 is 2.43. The van der Waals surface area contributed by atoms with Crippen LogP contribution in [0.2, 0.25) is 0 Å². The normalized spacial score (nSPS) is 12.3. The minimum Gasteiger partial charge on any atom is -0.477 e. The van der Waals surface area contributed by atoms with Gasteiger partial charge in [-0.3, -0.25) is 0 Å². The maximum Gasteiger partial charge on any atom is 0.346 e. The lowest BCUT2D eigenvalue weighted by Crippen LogP contribution is -1.97. The monoisotopic (exact) mass is 654 g/mol. The molecule has 5 aromatic heterocycles. The summed E-state index contributed by atoms with van der Waals surface area (Å²) in [5.74, 6) is -1.22. The first-order valence-electron chi connectivity index (χ1n) is 15.4. The second-order valence-corrected chi connectivity index (χ2v) is 13.8. The zero-order valence-electron chi connectivity index (χ0n) is 25.5. The molecule has 0 radical (unpaired) electrons. The zero-order chi connectivity index (χ0) is 32.6. The molecular weight excluding hydrogens is 629 g/mol. The predicted octanol–water partition coefficient (Wildman–Crippen LogP) is 11.5. The Morgan fingerprint density at radius 2 is 1.10 bits per heavy atom. The van der Waals surface area contributed by atoms with Crippen LogP contribution in [-0.2, 0) is 4.79 Å². The summed E-state index contributed by atoms with van der Waals surface area (Å²) in [7, 11) is 0. The van der Waals surface area contributed by atoms with E-state index in [9.17, 15) is 4.79 Å². The molecule has 8 aromatic rings. The molecule has 0 aliphatic carbocycles. The van der Waals surface area contributed by atoms with Gasteiger partial charge >= 0.3 is 5.97 Å². The van der Waals surface area contributed by atoms with Crippen LogP contribution in [0.3, 0.4) is 0 Å². The van der Waals surface area contributed by atoms with E-state index in [1.807, 2.05) is 18.2 Å². The van der Waals surface area contributed by atoms with E-state index in [1.165, 1.54) is 67.0 Å². The van der Waals surface area contributed by atoms with Crippen LogP contribution in [0.15, 0.2) is 127 Å². The van der Waals surface area contributed by atoms with Crippen molar-refractivity contribution < 1.29 is 9.90 Å². The van der Waals surface area contributed by atoms with Gasteiger partial charge < -0.3 is 9.51 Å². The molecule has 0 aliphatic heterocycles. The number of hydrogen-bond acceptors (Lipinski definition) is 4. The van der Waals surface area contributed by atoms with Gasteiger partial charge in [0.1, 0.15) is 11.6 Å². The predicted molar refractivity (Wildman–Crippen MR) is 202 cm³/mol. The van der Waals surface area contributed by atoms with E-state index in [0.29, 0.717) is 0 Å². The molecule has 0 aliphatic rings. The van der Waals surface area contributed by atoms with Gasteiger partial charge in [-0.05, 0) is 102 Å². The molecule has 48 heavy (non-hydrogen) atoms. The van der Waals surface area contributed by atoms with Crippen LogP contribution < -0.4 is 0 Å². The molecular formula is C42H26N2O2S2. The molecule has 0 atom stereocenters. The number of aromatic nitrogens is 1. The molecule has 0 saturated heterocycles. The van der Waals surface area contributed by atoms with Crippen LogP contribution in [0.25, 0.3) is 80.0 Å². The Bertz CT molecular complexity index is 2490. The second-order valence-electron chi connectivity index (χ2n) is 11.5. The van der Waals surface area contributed by atoms with E-state index in [4.69, 9.17) is 10.4 Å². The first-order chi connectivity index (χ1) is 23.5. The highest BCUT2D eigenvalue weighted by Gasteiger charge is 2.17. The number of carboxylic acids is 1. The summed E-state index contributed by atoms with van der Waals surface area (Å²) in [6, 6.07) is 44.6. The number of rotatable bonds is 8. The SMILES string of the molecule is N#C/C(=C\c1ccc(/C=C/c2ccc(/C=C/c3cc4cc(-c5ccccc5)c5ccc6c(-c7ccccc7)cc(c3)c4n56)s2)s1)C(=O)O. The van der Waals surface area contributed by atoms with Crippen LogP contribution in [0.4, 0.5) is 0 Å². The van der Waals surface area contributed by atoms with Crippen LogP contribution in [0.5, 0.6) is 0 Å². The molecule has 0 bridgehead atoms. The van der Waals surface area contributed by atoms with Crippen molar-refractivity contribution in [3.63, 3.8) is 0 Å². The Hall–Kier alpha value is -6.00. The van der Waals surface area contributed by atoms with Crippen molar-refractivity contribution in [2.24, 2.45) is 0 Å². The number of carboxylic acid groups (broad SMARTS) is 1. The van der Waals surface area contributed by atoms with Gasteiger partial charge in [0.25, 0.3) is 0 Å². The standard InChI is InChI=1S/C42H26N2O2S2/c43-26-32(42(45)46)23-36-18-17-35(48-36)16-15-34-14-13-33(47-34)12-11-27-21-30-24-37(28-7-3-1-4-8-28)39-19-20-40-38(29-9-5-2-6-10-29)25-31(22-27)41(30)44(39)40/h1-25H,(H,45,46)/b12-11+,16-15+,32-23+. The van der Waals surface area contributed by atoms with Crippen molar-refractivity contribution in [3.05, 3.63) is 152 Å². The van der Waals surface area contributed by atoms with E-state index >= 15 is 0 Å². The smallest absolute Gasteiger partial charge is 0.346 e. The van der Waals surface area contributed by atoms with E-state index in [1.54, 1.807) is 17.4 Å². The number of aliphatic carboxylic acids is 1. The molecule has 0 spiro atoms. The van der Waals surface area contributed by atoms with E-state index in [0.717, 1.165) is 25.1 Å². The van der Waals surface area contributed by atoms with Crippen molar-refractivity contribution in [2.75, 3.05) is 0 Å². The second kappa shape index (κ2) is 12.3. The van der Waals surface area contributed by atoms with Crippen LogP contribution in [-0.4, -0.2) is 15.5 Å². The average Bonchev–Trinajstić information content (AvgIpc) is 3.89. The highest BCUT2D eigenvalue weighted by Crippen LogP contribution is 2.40. The minimum atomic E-state index is -1.22. The third kappa shape index (κ3) is 5.52. The lowest BCUT2D eigenvalue weighted by atomic mass is 9.97. The largest absolute Gasteiger partial charge is 0.477 e. The summed E-state index contributed by atoms with van der Waals surface area (Å²) in [6.07, 6.45) is 9.84. The summed E-state index contributed by atoms with van der Waals surface area (Å²) in [5.41, 5.74) is 9.32. The van der Waals surface area contributed by atoms with Gasteiger partial charge in [-0.2, -0.15) is 5.26 Å². The van der Waals surface area contributed by atoms with Gasteiger partial charge in [0.15, 0.2) is 0 Å². The molecule has 0 saturated carbocycles. The van der Waals surface area contributed by atoms with Gasteiger partial charge in [-0.1, -0.05) is 66.7 Å². The molecule has 0 fully saturated rings. The molecule has 6 heteroatoms. The van der Waals surface area contributed by atoms with Crippen LogP contribution in [0, 0.1) is 11.3 Å². The topological polar surface area (TPSA) is 65.5 Å². The van der Waals surface area contributed by atoms with Crippen LogP contribution in [0.1, 0.15) is 25.1 Å². The number of thiophene rings is 2. The number of pyridine rings is 2. The minimum absolute atomic E-state index is 0.273. The quantitative estimate of drug-likeness (QED) is 0.131. The summed E-state index contributed by atoms with van der Waals surface area (Å²) in [5, 5.41) is 20.5. The van der Waals surface area contributed by atoms with Gasteiger partial charge in [0.2, 0.25) is 0 Å². The van der Waals surface area contributed by atoms with Crippen molar-refractivity contribution in [2.45, 2.75) is 0 Å². The Labute approximate surface area is 285 Å². The van der Waals surface area contributed by atoms with E-state index in [-0.39, 0.29) is 5.57 Å². The Morgan fingerprint density at radius 1 is 0.625 bits per heavy atom. The number of benzene rings is 3. The van der Waals surface area contributed by atoms with Crippen LogP contribution >= 0.6 is 22.7 Å². The Kier molecular flexibility index (Phi) is 7.54.